The number of allylic oxidation sites excluding steroid dienone is 14. The fourth-order valence-corrected chi connectivity index (χ4v) is 6.34. The molecule has 6 heteroatoms. The van der Waals surface area contributed by atoms with Crippen LogP contribution in [0.2, 0.25) is 0 Å². The van der Waals surface area contributed by atoms with Gasteiger partial charge in [-0.15, -0.1) is 0 Å². The summed E-state index contributed by atoms with van der Waals surface area (Å²) in [5.41, 5.74) is 0. The molecule has 0 spiro atoms. The number of ether oxygens (including phenoxy) is 1. The van der Waals surface area contributed by atoms with Crippen molar-refractivity contribution in [3.05, 3.63) is 85.1 Å². The minimum Gasteiger partial charge on any atom is -0.462 e. The van der Waals surface area contributed by atoms with E-state index in [0.29, 0.717) is 19.3 Å². The van der Waals surface area contributed by atoms with Crippen LogP contribution in [0.5, 0.6) is 0 Å². The van der Waals surface area contributed by atoms with Crippen LogP contribution in [0.3, 0.4) is 0 Å². The van der Waals surface area contributed by atoms with Crippen LogP contribution in [0.1, 0.15) is 194 Å². The predicted octanol–water partition coefficient (Wildman–Crippen LogP) is 13.2. The Morgan fingerprint density at radius 3 is 1.46 bits per heavy atom. The number of esters is 1. The zero-order valence-corrected chi connectivity index (χ0v) is 36.2. The summed E-state index contributed by atoms with van der Waals surface area (Å²) in [6, 6.07) is -0.722. The Morgan fingerprint density at radius 2 is 0.964 bits per heavy atom. The summed E-state index contributed by atoms with van der Waals surface area (Å²) in [4.78, 5) is 25.9. The van der Waals surface area contributed by atoms with E-state index < -0.39 is 18.2 Å². The number of aliphatic hydroxyl groups excluding tert-OH is 2. The van der Waals surface area contributed by atoms with Gasteiger partial charge < -0.3 is 20.3 Å². The number of hydrogen-bond acceptors (Lipinski definition) is 5. The van der Waals surface area contributed by atoms with E-state index in [1.807, 2.05) is 6.08 Å². The molecule has 0 saturated carbocycles. The lowest BCUT2D eigenvalue weighted by atomic mass is 10.0. The number of hydrogen-bond donors (Lipinski definition) is 3. The SMILES string of the molecule is CC/C=C/C/C=C/C/C=C/C/C=C/C/C=C/CCC(=O)OC(CCCCCCC/C=C/C/C=C/CC)CC(=O)NC(CO)C(O)CCCCCCCCCCC. The van der Waals surface area contributed by atoms with Gasteiger partial charge in [0.15, 0.2) is 0 Å². The van der Waals surface area contributed by atoms with Crippen molar-refractivity contribution in [3.8, 4) is 0 Å². The fraction of sp³-hybridized carbons (Fsp3) is 0.680. The minimum absolute atomic E-state index is 0.0337. The third kappa shape index (κ3) is 37.9. The molecule has 3 atom stereocenters. The van der Waals surface area contributed by atoms with E-state index in [1.54, 1.807) is 0 Å². The average molecular weight is 780 g/mol. The molecule has 3 unspecified atom stereocenters. The number of carbonyl (C=O) groups is 2. The molecule has 0 aliphatic rings. The Morgan fingerprint density at radius 1 is 0.536 bits per heavy atom. The molecular formula is C50H85NO5. The van der Waals surface area contributed by atoms with E-state index in [2.05, 4.69) is 105 Å². The van der Waals surface area contributed by atoms with Gasteiger partial charge in [-0.05, 0) is 83.5 Å². The van der Waals surface area contributed by atoms with Gasteiger partial charge in [-0.2, -0.15) is 0 Å². The average Bonchev–Trinajstić information content (AvgIpc) is 3.19. The van der Waals surface area contributed by atoms with Crippen LogP contribution in [0.15, 0.2) is 85.1 Å². The van der Waals surface area contributed by atoms with Gasteiger partial charge in [0, 0.05) is 6.42 Å². The predicted molar refractivity (Wildman–Crippen MR) is 241 cm³/mol. The van der Waals surface area contributed by atoms with Gasteiger partial charge in [-0.25, -0.2) is 0 Å². The molecule has 0 saturated heterocycles. The van der Waals surface area contributed by atoms with Crippen LogP contribution in [0.25, 0.3) is 0 Å². The molecule has 0 aromatic heterocycles. The maximum Gasteiger partial charge on any atom is 0.306 e. The molecule has 3 N–H and O–H groups in total. The Labute approximate surface area is 344 Å². The third-order valence-electron chi connectivity index (χ3n) is 9.73. The third-order valence-corrected chi connectivity index (χ3v) is 9.73. The largest absolute Gasteiger partial charge is 0.462 e. The first-order valence-corrected chi connectivity index (χ1v) is 22.8. The number of rotatable bonds is 39. The Hall–Kier alpha value is -2.96. The molecule has 1 amide bonds. The van der Waals surface area contributed by atoms with E-state index in [4.69, 9.17) is 4.74 Å². The maximum atomic E-state index is 13.1. The molecule has 0 rings (SSSR count). The molecular weight excluding hydrogens is 695 g/mol. The second-order valence-electron chi connectivity index (χ2n) is 15.0. The molecule has 0 fully saturated rings. The summed E-state index contributed by atoms with van der Waals surface area (Å²) in [6.45, 7) is 6.20. The number of amides is 1. The molecule has 0 heterocycles. The van der Waals surface area contributed by atoms with Crippen LogP contribution in [-0.4, -0.2) is 46.9 Å². The van der Waals surface area contributed by atoms with Crippen molar-refractivity contribution < 1.29 is 24.5 Å². The maximum absolute atomic E-state index is 13.1. The summed E-state index contributed by atoms with van der Waals surface area (Å²) in [5, 5.41) is 23.6. The summed E-state index contributed by atoms with van der Waals surface area (Å²) < 4.78 is 5.85. The lowest BCUT2D eigenvalue weighted by Crippen LogP contribution is -2.46. The van der Waals surface area contributed by atoms with Gasteiger partial charge in [0.2, 0.25) is 5.91 Å². The number of carbonyl (C=O) groups excluding carboxylic acids is 2. The van der Waals surface area contributed by atoms with Crippen LogP contribution < -0.4 is 5.32 Å². The van der Waals surface area contributed by atoms with Crippen molar-refractivity contribution >= 4 is 11.9 Å². The number of nitrogens with one attached hydrogen (secondary N) is 1. The molecule has 0 aromatic rings. The second-order valence-corrected chi connectivity index (χ2v) is 15.0. The monoisotopic (exact) mass is 780 g/mol. The van der Waals surface area contributed by atoms with Crippen molar-refractivity contribution in [2.45, 2.75) is 212 Å². The lowest BCUT2D eigenvalue weighted by Gasteiger charge is -2.24. The zero-order chi connectivity index (χ0) is 41.0. The normalized spacial score (nSPS) is 14.2. The van der Waals surface area contributed by atoms with E-state index in [1.165, 1.54) is 38.5 Å². The topological polar surface area (TPSA) is 95.9 Å². The van der Waals surface area contributed by atoms with Gasteiger partial charge in [-0.1, -0.05) is 183 Å². The number of unbranched alkanes of at least 4 members (excludes halogenated alkanes) is 13. The van der Waals surface area contributed by atoms with Gasteiger partial charge in [0.25, 0.3) is 0 Å². The van der Waals surface area contributed by atoms with E-state index in [9.17, 15) is 19.8 Å². The molecule has 0 radical (unpaired) electrons. The Balaban J connectivity index is 4.74. The van der Waals surface area contributed by atoms with E-state index in [-0.39, 0.29) is 31.3 Å². The standard InChI is InChI=1S/C50H85NO5/c1-4-7-10-13-16-19-21-23-24-25-26-28-31-34-37-40-43-50(55)56-46(41-38-35-32-30-27-22-20-17-14-11-8-5-2)44-49(54)51-47(45-52)48(53)42-39-36-33-29-18-15-12-9-6-3/h7-8,10-11,16-17,19-20,23-24,26,28,34,37,46-48,52-53H,4-6,9,12-15,18,21-22,25,27,29-33,35-36,38-45H2,1-3H3,(H,51,54)/b10-7+,11-8+,19-16+,20-17+,24-23+,28-26+,37-34+. The van der Waals surface area contributed by atoms with Gasteiger partial charge in [0.05, 0.1) is 25.2 Å². The lowest BCUT2D eigenvalue weighted by molar-refractivity contribution is -0.150. The molecule has 0 bridgehead atoms. The van der Waals surface area contributed by atoms with Crippen LogP contribution in [0, 0.1) is 0 Å². The number of aliphatic hydroxyl groups is 2. The highest BCUT2D eigenvalue weighted by Crippen LogP contribution is 2.16. The summed E-state index contributed by atoms with van der Waals surface area (Å²) in [7, 11) is 0. The molecule has 0 aromatic carbocycles. The van der Waals surface area contributed by atoms with Gasteiger partial charge >= 0.3 is 5.97 Å². The first-order chi connectivity index (χ1) is 27.5. The molecule has 320 valence electrons. The zero-order valence-electron chi connectivity index (χ0n) is 36.2. The highest BCUT2D eigenvalue weighted by atomic mass is 16.5. The van der Waals surface area contributed by atoms with Gasteiger partial charge in [0.1, 0.15) is 6.10 Å². The Bertz CT molecular complexity index is 1100. The van der Waals surface area contributed by atoms with Gasteiger partial charge in [-0.3, -0.25) is 9.59 Å². The summed E-state index contributed by atoms with van der Waals surface area (Å²) in [5.74, 6) is -0.598. The van der Waals surface area contributed by atoms with Crippen LogP contribution >= 0.6 is 0 Å². The highest BCUT2D eigenvalue weighted by molar-refractivity contribution is 5.77. The van der Waals surface area contributed by atoms with Crippen molar-refractivity contribution in [1.29, 1.82) is 0 Å². The smallest absolute Gasteiger partial charge is 0.306 e. The van der Waals surface area contributed by atoms with Crippen molar-refractivity contribution in [1.82, 2.24) is 5.32 Å². The Kier molecular flexibility index (Phi) is 40.9. The highest BCUT2D eigenvalue weighted by Gasteiger charge is 2.24. The summed E-state index contributed by atoms with van der Waals surface area (Å²) in [6.07, 6.45) is 55.1. The quantitative estimate of drug-likeness (QED) is 0.0328. The first kappa shape index (κ1) is 53.0. The minimum atomic E-state index is -0.805. The molecule has 56 heavy (non-hydrogen) atoms. The van der Waals surface area contributed by atoms with Crippen LogP contribution in [-0.2, 0) is 14.3 Å². The van der Waals surface area contributed by atoms with Crippen molar-refractivity contribution in [2.75, 3.05) is 6.61 Å². The van der Waals surface area contributed by atoms with E-state index in [0.717, 1.165) is 103 Å². The van der Waals surface area contributed by atoms with E-state index >= 15 is 0 Å². The fourth-order valence-electron chi connectivity index (χ4n) is 6.34. The van der Waals surface area contributed by atoms with Crippen molar-refractivity contribution in [2.24, 2.45) is 0 Å². The van der Waals surface area contributed by atoms with Crippen molar-refractivity contribution in [3.63, 3.8) is 0 Å². The van der Waals surface area contributed by atoms with Crippen LogP contribution in [0.4, 0.5) is 0 Å². The second kappa shape index (κ2) is 43.2. The first-order valence-electron chi connectivity index (χ1n) is 22.8. The molecule has 0 aliphatic heterocycles. The molecule has 6 nitrogen and oxygen atoms in total. The summed E-state index contributed by atoms with van der Waals surface area (Å²) >= 11 is 0. The molecule has 0 aliphatic carbocycles.